The second-order valence-electron chi connectivity index (χ2n) is 5.14. The lowest BCUT2D eigenvalue weighted by molar-refractivity contribution is 0.0714. The van der Waals surface area contributed by atoms with Crippen LogP contribution in [0.25, 0.3) is 0 Å². The Labute approximate surface area is 107 Å². The van der Waals surface area contributed by atoms with E-state index >= 15 is 0 Å². The molecule has 0 bridgehead atoms. The predicted octanol–water partition coefficient (Wildman–Crippen LogP) is 2.60. The van der Waals surface area contributed by atoms with Gasteiger partial charge in [0.15, 0.2) is 0 Å². The number of nitrogens with zero attached hydrogens (tertiary/aromatic N) is 3. The Hall–Kier alpha value is -0.970. The highest BCUT2D eigenvalue weighted by atomic mass is 32.1. The Morgan fingerprint density at radius 3 is 2.12 bits per heavy atom. The molecule has 0 aliphatic rings. The number of aromatic nitrogens is 2. The molecule has 17 heavy (non-hydrogen) atoms. The van der Waals surface area contributed by atoms with Crippen LogP contribution in [0.15, 0.2) is 0 Å². The molecule has 0 aromatic carbocycles. The van der Waals surface area contributed by atoms with Crippen LogP contribution in [0.5, 0.6) is 0 Å². The Morgan fingerprint density at radius 1 is 1.24 bits per heavy atom. The number of carbonyl (C=O) groups is 1. The van der Waals surface area contributed by atoms with Crippen LogP contribution in [0.2, 0.25) is 0 Å². The van der Waals surface area contributed by atoms with Crippen molar-refractivity contribution in [2.75, 3.05) is 13.1 Å². The summed E-state index contributed by atoms with van der Waals surface area (Å²) in [6.07, 6.45) is 0. The Morgan fingerprint density at radius 2 is 1.76 bits per heavy atom. The first-order chi connectivity index (χ1) is 7.90. The third kappa shape index (κ3) is 4.42. The van der Waals surface area contributed by atoms with Crippen molar-refractivity contribution in [1.82, 2.24) is 14.3 Å². The molecule has 5 heteroatoms. The highest BCUT2D eigenvalue weighted by Gasteiger charge is 2.21. The normalized spacial score (nSPS) is 11.2. The fraction of sp³-hybridized carbons (Fsp3) is 0.750. The van der Waals surface area contributed by atoms with E-state index in [1.807, 2.05) is 11.8 Å². The molecule has 1 rings (SSSR count). The van der Waals surface area contributed by atoms with E-state index in [9.17, 15) is 4.79 Å². The SMILES string of the molecule is Cc1nsc(C(=O)N(CC(C)C)CC(C)C)n1. The van der Waals surface area contributed by atoms with Gasteiger partial charge in [0.05, 0.1) is 0 Å². The molecule has 0 N–H and O–H groups in total. The molecule has 1 heterocycles. The molecule has 96 valence electrons. The van der Waals surface area contributed by atoms with Gasteiger partial charge in [0, 0.05) is 13.1 Å². The van der Waals surface area contributed by atoms with Crippen molar-refractivity contribution < 1.29 is 4.79 Å². The van der Waals surface area contributed by atoms with E-state index < -0.39 is 0 Å². The van der Waals surface area contributed by atoms with Crippen LogP contribution < -0.4 is 0 Å². The van der Waals surface area contributed by atoms with Crippen molar-refractivity contribution in [1.29, 1.82) is 0 Å². The quantitative estimate of drug-likeness (QED) is 0.812. The molecule has 4 nitrogen and oxygen atoms in total. The van der Waals surface area contributed by atoms with Crippen LogP contribution in [0.4, 0.5) is 0 Å². The lowest BCUT2D eigenvalue weighted by Gasteiger charge is -2.25. The molecule has 0 aliphatic heterocycles. The van der Waals surface area contributed by atoms with Gasteiger partial charge in [-0.25, -0.2) is 4.98 Å². The molecule has 0 spiro atoms. The maximum atomic E-state index is 12.3. The average Bonchev–Trinajstić information content (AvgIpc) is 2.61. The highest BCUT2D eigenvalue weighted by molar-refractivity contribution is 7.07. The van der Waals surface area contributed by atoms with Crippen LogP contribution >= 0.6 is 11.5 Å². The summed E-state index contributed by atoms with van der Waals surface area (Å²) in [5.74, 6) is 1.61. The van der Waals surface area contributed by atoms with E-state index in [1.165, 1.54) is 11.5 Å². The van der Waals surface area contributed by atoms with Crippen LogP contribution in [0, 0.1) is 18.8 Å². The number of hydrogen-bond donors (Lipinski definition) is 0. The summed E-state index contributed by atoms with van der Waals surface area (Å²) in [6, 6.07) is 0. The van der Waals surface area contributed by atoms with Crippen molar-refractivity contribution in [3.63, 3.8) is 0 Å². The molecular weight excluding hydrogens is 234 g/mol. The second-order valence-corrected chi connectivity index (χ2v) is 5.90. The molecule has 0 unspecified atom stereocenters. The number of aryl methyl sites for hydroxylation is 1. The monoisotopic (exact) mass is 255 g/mol. The van der Waals surface area contributed by atoms with Crippen molar-refractivity contribution in [2.24, 2.45) is 11.8 Å². The maximum absolute atomic E-state index is 12.3. The van der Waals surface area contributed by atoms with Gasteiger partial charge in [0.1, 0.15) is 5.82 Å². The Bertz CT molecular complexity index is 364. The van der Waals surface area contributed by atoms with E-state index in [4.69, 9.17) is 0 Å². The van der Waals surface area contributed by atoms with E-state index in [2.05, 4.69) is 37.1 Å². The largest absolute Gasteiger partial charge is 0.336 e. The van der Waals surface area contributed by atoms with Gasteiger partial charge in [-0.3, -0.25) is 4.79 Å². The van der Waals surface area contributed by atoms with Crippen LogP contribution in [-0.2, 0) is 0 Å². The third-order valence-corrected chi connectivity index (χ3v) is 2.96. The topological polar surface area (TPSA) is 46.1 Å². The smallest absolute Gasteiger partial charge is 0.284 e. The predicted molar refractivity (Wildman–Crippen MR) is 70.2 cm³/mol. The van der Waals surface area contributed by atoms with Crippen molar-refractivity contribution in [3.05, 3.63) is 10.8 Å². The summed E-state index contributed by atoms with van der Waals surface area (Å²) >= 11 is 1.19. The first-order valence-corrected chi connectivity index (χ1v) is 6.77. The van der Waals surface area contributed by atoms with E-state index in [0.29, 0.717) is 22.7 Å². The zero-order chi connectivity index (χ0) is 13.0. The van der Waals surface area contributed by atoms with E-state index in [0.717, 1.165) is 13.1 Å². The lowest BCUT2D eigenvalue weighted by atomic mass is 10.1. The summed E-state index contributed by atoms with van der Waals surface area (Å²) in [4.78, 5) is 18.3. The molecule has 0 aliphatic carbocycles. The zero-order valence-electron chi connectivity index (χ0n) is 11.2. The van der Waals surface area contributed by atoms with Crippen LogP contribution in [-0.4, -0.2) is 33.3 Å². The summed E-state index contributed by atoms with van der Waals surface area (Å²) in [6.45, 7) is 11.8. The standard InChI is InChI=1S/C12H21N3OS/c1-8(2)6-15(7-9(3)4)12(16)11-13-10(5)14-17-11/h8-9H,6-7H2,1-5H3. The van der Waals surface area contributed by atoms with Gasteiger partial charge < -0.3 is 4.90 Å². The molecule has 1 aromatic heterocycles. The average molecular weight is 255 g/mol. The van der Waals surface area contributed by atoms with Gasteiger partial charge in [-0.05, 0) is 30.3 Å². The summed E-state index contributed by atoms with van der Waals surface area (Å²) in [5, 5.41) is 0.504. The summed E-state index contributed by atoms with van der Waals surface area (Å²) in [7, 11) is 0. The number of amides is 1. The van der Waals surface area contributed by atoms with Crippen LogP contribution in [0.1, 0.15) is 43.3 Å². The van der Waals surface area contributed by atoms with Gasteiger partial charge >= 0.3 is 0 Å². The van der Waals surface area contributed by atoms with E-state index in [-0.39, 0.29) is 5.91 Å². The fourth-order valence-electron chi connectivity index (χ4n) is 1.64. The number of hydrogen-bond acceptors (Lipinski definition) is 4. The second kappa shape index (κ2) is 6.10. The van der Waals surface area contributed by atoms with Crippen molar-refractivity contribution in [2.45, 2.75) is 34.6 Å². The minimum absolute atomic E-state index is 0.0120. The van der Waals surface area contributed by atoms with Gasteiger partial charge in [-0.2, -0.15) is 4.37 Å². The molecule has 0 atom stereocenters. The molecular formula is C12H21N3OS. The molecule has 1 aromatic rings. The fourth-order valence-corrected chi connectivity index (χ4v) is 2.28. The van der Waals surface area contributed by atoms with Gasteiger partial charge in [-0.15, -0.1) is 0 Å². The zero-order valence-corrected chi connectivity index (χ0v) is 12.0. The highest BCUT2D eigenvalue weighted by Crippen LogP contribution is 2.12. The number of carbonyl (C=O) groups excluding carboxylic acids is 1. The summed E-state index contributed by atoms with van der Waals surface area (Å²) in [5.41, 5.74) is 0. The van der Waals surface area contributed by atoms with Gasteiger partial charge in [0.2, 0.25) is 5.01 Å². The first-order valence-electron chi connectivity index (χ1n) is 5.99. The van der Waals surface area contributed by atoms with Gasteiger partial charge in [0.25, 0.3) is 5.91 Å². The minimum Gasteiger partial charge on any atom is -0.336 e. The molecule has 0 radical (unpaired) electrons. The third-order valence-electron chi connectivity index (χ3n) is 2.17. The molecule has 0 saturated carbocycles. The van der Waals surface area contributed by atoms with E-state index in [1.54, 1.807) is 0 Å². The van der Waals surface area contributed by atoms with Crippen molar-refractivity contribution >= 4 is 17.4 Å². The Balaban J connectivity index is 2.78. The first kappa shape index (κ1) is 14.1. The maximum Gasteiger partial charge on any atom is 0.284 e. The molecule has 0 saturated heterocycles. The lowest BCUT2D eigenvalue weighted by Crippen LogP contribution is -2.37. The number of rotatable bonds is 5. The minimum atomic E-state index is 0.0120. The molecule has 0 fully saturated rings. The van der Waals surface area contributed by atoms with Crippen molar-refractivity contribution in [3.8, 4) is 0 Å². The molecule has 1 amide bonds. The van der Waals surface area contributed by atoms with Crippen LogP contribution in [0.3, 0.4) is 0 Å². The summed E-state index contributed by atoms with van der Waals surface area (Å²) < 4.78 is 4.06. The Kier molecular flexibility index (Phi) is 5.05. The van der Waals surface area contributed by atoms with Gasteiger partial charge in [-0.1, -0.05) is 27.7 Å².